The van der Waals surface area contributed by atoms with Crippen LogP contribution in [0, 0.1) is 11.3 Å². The number of ether oxygens (including phenoxy) is 2. The van der Waals surface area contributed by atoms with Crippen LogP contribution in [0.1, 0.15) is 5.56 Å². The molecule has 7 nitrogen and oxygen atoms in total. The molecule has 0 aliphatic heterocycles. The average molecular weight is 453 g/mol. The van der Waals surface area contributed by atoms with Crippen molar-refractivity contribution in [2.45, 2.75) is 0 Å². The number of halogens is 1. The predicted molar refractivity (Wildman–Crippen MR) is 113 cm³/mol. The Hall–Kier alpha value is -3.57. The summed E-state index contributed by atoms with van der Waals surface area (Å²) in [6, 6.07) is 14.5. The molecule has 29 heavy (non-hydrogen) atoms. The second-order valence-electron chi connectivity index (χ2n) is 5.80. The highest BCUT2D eigenvalue weighted by atomic mass is 79.9. The number of carbonyl (C=O) groups is 1. The summed E-state index contributed by atoms with van der Waals surface area (Å²) in [6.45, 7) is -0.0693. The summed E-state index contributed by atoms with van der Waals surface area (Å²) >= 11 is 3.37. The summed E-state index contributed by atoms with van der Waals surface area (Å²) in [7, 11) is 1.51. The highest BCUT2D eigenvalue weighted by Crippen LogP contribution is 2.28. The van der Waals surface area contributed by atoms with Crippen LogP contribution in [-0.2, 0) is 4.79 Å². The van der Waals surface area contributed by atoms with E-state index >= 15 is 0 Å². The zero-order valence-electron chi connectivity index (χ0n) is 15.5. The molecule has 0 saturated heterocycles. The van der Waals surface area contributed by atoms with Gasteiger partial charge >= 0.3 is 0 Å². The summed E-state index contributed by atoms with van der Waals surface area (Å²) in [5, 5.41) is 15.7. The smallest absolute Gasteiger partial charge is 0.248 e. The second kappa shape index (κ2) is 9.57. The van der Waals surface area contributed by atoms with Crippen LogP contribution in [-0.4, -0.2) is 29.4 Å². The highest BCUT2D eigenvalue weighted by Gasteiger charge is 2.08. The standard InChI is InChI=1S/C21H17BrN4O3/c1-28-20-12-15(6-8-19(20)29-11-10-23)7-9-21(27)25-17-4-2-3-5-18(17)26-14-16(22)13-24-26/h2-9,12-14H,11H2,1H3,(H,25,27)/b9-7+. The molecule has 0 spiro atoms. The van der Waals surface area contributed by atoms with Gasteiger partial charge in [-0.2, -0.15) is 10.4 Å². The summed E-state index contributed by atoms with van der Waals surface area (Å²) < 4.78 is 13.1. The lowest BCUT2D eigenvalue weighted by Crippen LogP contribution is -2.10. The zero-order chi connectivity index (χ0) is 20.6. The zero-order valence-corrected chi connectivity index (χ0v) is 17.1. The van der Waals surface area contributed by atoms with Crippen LogP contribution in [0.25, 0.3) is 11.8 Å². The molecule has 2 aromatic carbocycles. The van der Waals surface area contributed by atoms with Gasteiger partial charge < -0.3 is 14.8 Å². The predicted octanol–water partition coefficient (Wildman–Crippen LogP) is 4.20. The van der Waals surface area contributed by atoms with Crippen molar-refractivity contribution in [2.75, 3.05) is 19.0 Å². The summed E-state index contributed by atoms with van der Waals surface area (Å²) in [6.07, 6.45) is 6.58. The topological polar surface area (TPSA) is 89.2 Å². The van der Waals surface area contributed by atoms with Gasteiger partial charge in [0, 0.05) is 12.3 Å². The van der Waals surface area contributed by atoms with E-state index in [0.717, 1.165) is 15.7 Å². The summed E-state index contributed by atoms with van der Waals surface area (Å²) in [4.78, 5) is 12.4. The van der Waals surface area contributed by atoms with Gasteiger partial charge in [-0.15, -0.1) is 0 Å². The minimum absolute atomic E-state index is 0.0693. The number of rotatable bonds is 7. The maximum Gasteiger partial charge on any atom is 0.248 e. The fourth-order valence-electron chi connectivity index (χ4n) is 2.58. The van der Waals surface area contributed by atoms with E-state index < -0.39 is 0 Å². The Morgan fingerprint density at radius 3 is 2.86 bits per heavy atom. The van der Waals surface area contributed by atoms with Gasteiger partial charge in [-0.1, -0.05) is 18.2 Å². The molecule has 0 fully saturated rings. The molecule has 0 saturated carbocycles. The Balaban J connectivity index is 1.73. The minimum Gasteiger partial charge on any atom is -0.493 e. The molecule has 1 N–H and O–H groups in total. The van der Waals surface area contributed by atoms with E-state index in [-0.39, 0.29) is 12.5 Å². The van der Waals surface area contributed by atoms with Crippen molar-refractivity contribution in [2.24, 2.45) is 0 Å². The molecular weight excluding hydrogens is 436 g/mol. The lowest BCUT2D eigenvalue weighted by atomic mass is 10.2. The number of anilines is 1. The van der Waals surface area contributed by atoms with Crippen molar-refractivity contribution in [1.82, 2.24) is 9.78 Å². The molecule has 0 aliphatic carbocycles. The molecule has 1 amide bonds. The van der Waals surface area contributed by atoms with Gasteiger partial charge in [0.1, 0.15) is 6.07 Å². The fraction of sp³-hybridized carbons (Fsp3) is 0.0952. The third-order valence-corrected chi connectivity index (χ3v) is 4.28. The maximum absolute atomic E-state index is 12.4. The molecule has 3 aromatic rings. The van der Waals surface area contributed by atoms with E-state index in [2.05, 4.69) is 26.3 Å². The molecular formula is C21H17BrN4O3. The molecule has 0 unspecified atom stereocenters. The molecule has 1 heterocycles. The van der Waals surface area contributed by atoms with Gasteiger partial charge in [0.15, 0.2) is 18.1 Å². The SMILES string of the molecule is COc1cc(/C=C/C(=O)Nc2ccccc2-n2cc(Br)cn2)ccc1OCC#N. The van der Waals surface area contributed by atoms with Crippen LogP contribution in [0.3, 0.4) is 0 Å². The van der Waals surface area contributed by atoms with E-state index in [1.807, 2.05) is 30.5 Å². The van der Waals surface area contributed by atoms with Crippen LogP contribution in [0.15, 0.2) is 65.4 Å². The van der Waals surface area contributed by atoms with Crippen molar-refractivity contribution in [3.05, 3.63) is 71.0 Å². The third-order valence-electron chi connectivity index (χ3n) is 3.87. The number of aromatic nitrogens is 2. The maximum atomic E-state index is 12.4. The van der Waals surface area contributed by atoms with Crippen molar-refractivity contribution in [1.29, 1.82) is 5.26 Å². The molecule has 3 rings (SSSR count). The van der Waals surface area contributed by atoms with Crippen molar-refractivity contribution in [3.8, 4) is 23.3 Å². The number of hydrogen-bond donors (Lipinski definition) is 1. The first-order valence-corrected chi connectivity index (χ1v) is 9.36. The van der Waals surface area contributed by atoms with E-state index in [9.17, 15) is 4.79 Å². The molecule has 8 heteroatoms. The number of carbonyl (C=O) groups excluding carboxylic acids is 1. The van der Waals surface area contributed by atoms with Gasteiger partial charge in [-0.05, 0) is 51.8 Å². The largest absolute Gasteiger partial charge is 0.493 e. The monoisotopic (exact) mass is 452 g/mol. The van der Waals surface area contributed by atoms with E-state index in [0.29, 0.717) is 17.2 Å². The van der Waals surface area contributed by atoms with Gasteiger partial charge in [-0.3, -0.25) is 4.79 Å². The average Bonchev–Trinajstić information content (AvgIpc) is 3.17. The molecule has 1 aromatic heterocycles. The number of benzene rings is 2. The number of amides is 1. The first kappa shape index (κ1) is 20.2. The van der Waals surface area contributed by atoms with Gasteiger partial charge in [0.2, 0.25) is 5.91 Å². The van der Waals surface area contributed by atoms with Gasteiger partial charge in [0.25, 0.3) is 0 Å². The van der Waals surface area contributed by atoms with Crippen LogP contribution < -0.4 is 14.8 Å². The normalized spacial score (nSPS) is 10.5. The number of methoxy groups -OCH3 is 1. The first-order chi connectivity index (χ1) is 14.1. The molecule has 146 valence electrons. The Labute approximate surface area is 176 Å². The van der Waals surface area contributed by atoms with Crippen LogP contribution in [0.2, 0.25) is 0 Å². The Bertz CT molecular complexity index is 1090. The van der Waals surface area contributed by atoms with Crippen molar-refractivity contribution >= 4 is 33.6 Å². The number of nitrogens with one attached hydrogen (secondary N) is 1. The fourth-order valence-corrected chi connectivity index (χ4v) is 2.86. The Morgan fingerprint density at radius 1 is 1.31 bits per heavy atom. The first-order valence-electron chi connectivity index (χ1n) is 8.57. The van der Waals surface area contributed by atoms with E-state index in [4.69, 9.17) is 14.7 Å². The van der Waals surface area contributed by atoms with Gasteiger partial charge in [-0.25, -0.2) is 4.68 Å². The quantitative estimate of drug-likeness (QED) is 0.542. The molecule has 0 radical (unpaired) electrons. The second-order valence-corrected chi connectivity index (χ2v) is 6.72. The highest BCUT2D eigenvalue weighted by molar-refractivity contribution is 9.10. The Morgan fingerprint density at radius 2 is 2.14 bits per heavy atom. The third kappa shape index (κ3) is 5.24. The molecule has 0 bridgehead atoms. The number of nitriles is 1. The lowest BCUT2D eigenvalue weighted by Gasteiger charge is -2.10. The number of para-hydroxylation sites is 2. The lowest BCUT2D eigenvalue weighted by molar-refractivity contribution is -0.111. The van der Waals surface area contributed by atoms with Gasteiger partial charge in [0.05, 0.1) is 29.2 Å². The molecule has 0 atom stereocenters. The minimum atomic E-state index is -0.285. The van der Waals surface area contributed by atoms with Crippen molar-refractivity contribution in [3.63, 3.8) is 0 Å². The summed E-state index contributed by atoms with van der Waals surface area (Å²) in [5.41, 5.74) is 2.14. The molecule has 0 aliphatic rings. The van der Waals surface area contributed by atoms with E-state index in [1.165, 1.54) is 13.2 Å². The van der Waals surface area contributed by atoms with E-state index in [1.54, 1.807) is 41.2 Å². The number of hydrogen-bond acceptors (Lipinski definition) is 5. The van der Waals surface area contributed by atoms with Crippen LogP contribution in [0.5, 0.6) is 11.5 Å². The Kier molecular flexibility index (Phi) is 6.66. The van der Waals surface area contributed by atoms with Crippen molar-refractivity contribution < 1.29 is 14.3 Å². The summed E-state index contributed by atoms with van der Waals surface area (Å²) in [5.74, 6) is 0.667. The van der Waals surface area contributed by atoms with Crippen LogP contribution >= 0.6 is 15.9 Å². The number of nitrogens with zero attached hydrogens (tertiary/aromatic N) is 3. The van der Waals surface area contributed by atoms with Crippen LogP contribution in [0.4, 0.5) is 5.69 Å².